The lowest BCUT2D eigenvalue weighted by atomic mass is 10.3. The molecule has 0 atom stereocenters. The van der Waals surface area contributed by atoms with Gasteiger partial charge in [0.2, 0.25) is 10.0 Å². The van der Waals surface area contributed by atoms with Crippen molar-refractivity contribution in [2.75, 3.05) is 0 Å². The number of rotatable bonds is 5. The molecule has 0 bridgehead atoms. The Balaban J connectivity index is 2.25. The molecule has 0 amide bonds. The molecule has 2 aromatic rings. The van der Waals surface area contributed by atoms with Gasteiger partial charge in [-0.25, -0.2) is 13.1 Å². The average Bonchev–Trinajstić information content (AvgIpc) is 2.89. The maximum atomic E-state index is 12.0. The van der Waals surface area contributed by atoms with E-state index in [0.29, 0.717) is 0 Å². The van der Waals surface area contributed by atoms with Gasteiger partial charge in [0.05, 0.1) is 15.3 Å². The SMILES string of the molecule is O=[N+]([O-])c1cc(S(=O)(=O)NCc2cncs2)ccc1Cl. The Kier molecular flexibility index (Phi) is 4.33. The van der Waals surface area contributed by atoms with Crippen LogP contribution in [0.5, 0.6) is 0 Å². The third-order valence-electron chi connectivity index (χ3n) is 2.34. The van der Waals surface area contributed by atoms with Crippen molar-refractivity contribution in [1.29, 1.82) is 0 Å². The molecule has 0 spiro atoms. The summed E-state index contributed by atoms with van der Waals surface area (Å²) in [5.74, 6) is 0. The number of halogens is 1. The Morgan fingerprint density at radius 1 is 1.45 bits per heavy atom. The minimum Gasteiger partial charge on any atom is -0.258 e. The molecular formula is C10H8ClN3O4S2. The molecule has 0 saturated heterocycles. The van der Waals surface area contributed by atoms with Crippen molar-refractivity contribution < 1.29 is 13.3 Å². The van der Waals surface area contributed by atoms with Crippen LogP contribution in [0.15, 0.2) is 34.8 Å². The monoisotopic (exact) mass is 333 g/mol. The highest BCUT2D eigenvalue weighted by molar-refractivity contribution is 7.89. The summed E-state index contributed by atoms with van der Waals surface area (Å²) in [7, 11) is -3.84. The lowest BCUT2D eigenvalue weighted by Gasteiger charge is -2.05. The zero-order chi connectivity index (χ0) is 14.8. The summed E-state index contributed by atoms with van der Waals surface area (Å²) in [5.41, 5.74) is 1.13. The molecule has 1 aromatic heterocycles. The van der Waals surface area contributed by atoms with Gasteiger partial charge in [-0.15, -0.1) is 11.3 Å². The number of aromatic nitrogens is 1. The van der Waals surface area contributed by atoms with Gasteiger partial charge in [-0.1, -0.05) is 11.6 Å². The molecule has 0 saturated carbocycles. The van der Waals surface area contributed by atoms with Crippen LogP contribution >= 0.6 is 22.9 Å². The highest BCUT2D eigenvalue weighted by Crippen LogP contribution is 2.27. The molecule has 10 heteroatoms. The average molecular weight is 334 g/mol. The van der Waals surface area contributed by atoms with Gasteiger partial charge in [0.25, 0.3) is 5.69 Å². The van der Waals surface area contributed by atoms with E-state index in [0.717, 1.165) is 10.9 Å². The van der Waals surface area contributed by atoms with Gasteiger partial charge >= 0.3 is 0 Å². The van der Waals surface area contributed by atoms with Crippen LogP contribution in [-0.2, 0) is 16.6 Å². The summed E-state index contributed by atoms with van der Waals surface area (Å²) >= 11 is 6.94. The number of hydrogen-bond acceptors (Lipinski definition) is 6. The van der Waals surface area contributed by atoms with E-state index in [4.69, 9.17) is 11.6 Å². The van der Waals surface area contributed by atoms with Crippen molar-refractivity contribution in [3.63, 3.8) is 0 Å². The second-order valence-electron chi connectivity index (χ2n) is 3.66. The van der Waals surface area contributed by atoms with Crippen molar-refractivity contribution in [3.05, 3.63) is 49.9 Å². The van der Waals surface area contributed by atoms with E-state index in [1.54, 1.807) is 5.51 Å². The predicted molar refractivity (Wildman–Crippen MR) is 74.2 cm³/mol. The molecule has 0 fully saturated rings. The summed E-state index contributed by atoms with van der Waals surface area (Å²) in [5, 5.41) is 10.6. The molecule has 0 aliphatic carbocycles. The van der Waals surface area contributed by atoms with E-state index >= 15 is 0 Å². The van der Waals surface area contributed by atoms with Crippen LogP contribution < -0.4 is 4.72 Å². The lowest BCUT2D eigenvalue weighted by molar-refractivity contribution is -0.384. The van der Waals surface area contributed by atoms with Crippen LogP contribution in [0.3, 0.4) is 0 Å². The minimum atomic E-state index is -3.84. The molecule has 0 unspecified atom stereocenters. The molecule has 0 radical (unpaired) electrons. The normalized spacial score (nSPS) is 11.4. The zero-order valence-electron chi connectivity index (χ0n) is 9.82. The first kappa shape index (κ1) is 14.9. The number of nitrogens with one attached hydrogen (secondary N) is 1. The summed E-state index contributed by atoms with van der Waals surface area (Å²) in [4.78, 5) is 14.4. The predicted octanol–water partition coefficient (Wildman–Crippen LogP) is 2.18. The van der Waals surface area contributed by atoms with Crippen molar-refractivity contribution >= 4 is 38.6 Å². The van der Waals surface area contributed by atoms with Gasteiger partial charge in [-0.2, -0.15) is 0 Å². The minimum absolute atomic E-state index is 0.0728. The van der Waals surface area contributed by atoms with E-state index in [1.165, 1.54) is 29.7 Å². The third kappa shape index (κ3) is 3.31. The van der Waals surface area contributed by atoms with E-state index in [-0.39, 0.29) is 16.5 Å². The van der Waals surface area contributed by atoms with E-state index in [2.05, 4.69) is 9.71 Å². The van der Waals surface area contributed by atoms with Crippen molar-refractivity contribution in [2.45, 2.75) is 11.4 Å². The largest absolute Gasteiger partial charge is 0.289 e. The second-order valence-corrected chi connectivity index (χ2v) is 6.81. The molecule has 20 heavy (non-hydrogen) atoms. The molecular weight excluding hydrogens is 326 g/mol. The molecule has 0 aliphatic heterocycles. The van der Waals surface area contributed by atoms with Gasteiger partial charge < -0.3 is 0 Å². The van der Waals surface area contributed by atoms with Gasteiger partial charge in [0, 0.05) is 23.7 Å². The first-order valence-corrected chi connectivity index (χ1v) is 7.95. The number of hydrogen-bond donors (Lipinski definition) is 1. The van der Waals surface area contributed by atoms with Crippen molar-refractivity contribution in [2.24, 2.45) is 0 Å². The summed E-state index contributed by atoms with van der Waals surface area (Å²) < 4.78 is 26.4. The van der Waals surface area contributed by atoms with Gasteiger partial charge in [0.15, 0.2) is 0 Å². The van der Waals surface area contributed by atoms with Gasteiger partial charge in [-0.3, -0.25) is 15.1 Å². The van der Waals surface area contributed by atoms with Crippen LogP contribution in [0, 0.1) is 10.1 Å². The summed E-state index contributed by atoms with van der Waals surface area (Å²) in [6, 6.07) is 3.32. The Labute approximate surface area is 123 Å². The number of nitro benzene ring substituents is 1. The Morgan fingerprint density at radius 2 is 2.20 bits per heavy atom. The fourth-order valence-corrected chi connectivity index (χ4v) is 3.22. The number of nitro groups is 1. The molecule has 1 N–H and O–H groups in total. The number of benzene rings is 1. The van der Waals surface area contributed by atoms with Crippen molar-refractivity contribution in [3.8, 4) is 0 Å². The highest BCUT2D eigenvalue weighted by Gasteiger charge is 2.20. The van der Waals surface area contributed by atoms with E-state index in [1.807, 2.05) is 0 Å². The first-order valence-electron chi connectivity index (χ1n) is 5.21. The summed E-state index contributed by atoms with van der Waals surface area (Å²) in [6.45, 7) is 0.0728. The van der Waals surface area contributed by atoms with E-state index < -0.39 is 20.6 Å². The van der Waals surface area contributed by atoms with Crippen LogP contribution in [0.25, 0.3) is 0 Å². The number of thiazole rings is 1. The highest BCUT2D eigenvalue weighted by atomic mass is 35.5. The van der Waals surface area contributed by atoms with Crippen LogP contribution in [0.2, 0.25) is 5.02 Å². The van der Waals surface area contributed by atoms with Crippen LogP contribution in [0.4, 0.5) is 5.69 Å². The molecule has 0 aliphatic rings. The quantitative estimate of drug-likeness (QED) is 0.667. The topological polar surface area (TPSA) is 102 Å². The molecule has 1 aromatic carbocycles. The third-order valence-corrected chi connectivity index (χ3v) is 4.84. The number of nitrogens with zero attached hydrogens (tertiary/aromatic N) is 2. The number of sulfonamides is 1. The Hall–Kier alpha value is -1.55. The fourth-order valence-electron chi connectivity index (χ4n) is 1.38. The molecule has 7 nitrogen and oxygen atoms in total. The van der Waals surface area contributed by atoms with Crippen molar-refractivity contribution in [1.82, 2.24) is 9.71 Å². The fraction of sp³-hybridized carbons (Fsp3) is 0.100. The van der Waals surface area contributed by atoms with Crippen LogP contribution in [0.1, 0.15) is 4.88 Å². The summed E-state index contributed by atoms with van der Waals surface area (Å²) in [6.07, 6.45) is 1.54. The van der Waals surface area contributed by atoms with Crippen LogP contribution in [-0.4, -0.2) is 18.3 Å². The van der Waals surface area contributed by atoms with Gasteiger partial charge in [0.1, 0.15) is 5.02 Å². The molecule has 106 valence electrons. The van der Waals surface area contributed by atoms with Gasteiger partial charge in [-0.05, 0) is 12.1 Å². The maximum Gasteiger partial charge on any atom is 0.289 e. The zero-order valence-corrected chi connectivity index (χ0v) is 12.2. The molecule has 1 heterocycles. The Morgan fingerprint density at radius 3 is 2.80 bits per heavy atom. The Bertz CT molecular complexity index is 731. The standard InChI is InChI=1S/C10H8ClN3O4S2/c11-9-2-1-8(3-10(9)14(15)16)20(17,18)13-5-7-4-12-6-19-7/h1-4,6,13H,5H2. The van der Waals surface area contributed by atoms with E-state index in [9.17, 15) is 18.5 Å². The lowest BCUT2D eigenvalue weighted by Crippen LogP contribution is -2.22. The first-order chi connectivity index (χ1) is 9.40. The smallest absolute Gasteiger partial charge is 0.258 e. The second kappa shape index (κ2) is 5.83. The maximum absolute atomic E-state index is 12.0. The molecule has 2 rings (SSSR count).